The number of thioether (sulfide) groups is 1. The molecule has 0 N–H and O–H groups in total. The van der Waals surface area contributed by atoms with Crippen LogP contribution >= 0.6 is 23.4 Å². The maximum absolute atomic E-state index is 12.6. The van der Waals surface area contributed by atoms with Gasteiger partial charge in [0.2, 0.25) is 0 Å². The molecular weight excluding hydrogens is 382 g/mol. The van der Waals surface area contributed by atoms with Gasteiger partial charge in [-0.2, -0.15) is 0 Å². The van der Waals surface area contributed by atoms with Crippen molar-refractivity contribution in [1.29, 1.82) is 0 Å². The number of halogens is 1. The number of benzene rings is 2. The molecule has 4 nitrogen and oxygen atoms in total. The number of carbonyl (C=O) groups excluding carboxylic acids is 3. The van der Waals surface area contributed by atoms with Gasteiger partial charge in [0.25, 0.3) is 11.1 Å². The van der Waals surface area contributed by atoms with Crippen molar-refractivity contribution in [2.45, 2.75) is 19.8 Å². The Morgan fingerprint density at radius 1 is 1.07 bits per heavy atom. The SMILES string of the molecule is CC(C)c1ccc(/C=C2/SC(=O)N(CC(=O)c3ccc(Cl)cc3)C2=O)cc1. The highest BCUT2D eigenvalue weighted by Gasteiger charge is 2.36. The summed E-state index contributed by atoms with van der Waals surface area (Å²) < 4.78 is 0. The number of imide groups is 1. The molecule has 0 spiro atoms. The summed E-state index contributed by atoms with van der Waals surface area (Å²) in [5, 5.41) is 0.0801. The predicted molar refractivity (Wildman–Crippen MR) is 109 cm³/mol. The zero-order valence-electron chi connectivity index (χ0n) is 14.9. The van der Waals surface area contributed by atoms with Crippen molar-refractivity contribution in [3.05, 3.63) is 75.1 Å². The summed E-state index contributed by atoms with van der Waals surface area (Å²) in [6.45, 7) is 3.94. The second kappa shape index (κ2) is 8.11. The van der Waals surface area contributed by atoms with Crippen LogP contribution in [0.2, 0.25) is 5.02 Å². The molecule has 2 aromatic rings. The Hall–Kier alpha value is -2.37. The molecule has 27 heavy (non-hydrogen) atoms. The Morgan fingerprint density at radius 2 is 1.70 bits per heavy atom. The molecule has 2 amide bonds. The summed E-state index contributed by atoms with van der Waals surface area (Å²) in [7, 11) is 0. The molecule has 0 bridgehead atoms. The van der Waals surface area contributed by atoms with Gasteiger partial charge in [0, 0.05) is 10.6 Å². The lowest BCUT2D eigenvalue weighted by Crippen LogP contribution is -2.33. The van der Waals surface area contributed by atoms with E-state index in [1.165, 1.54) is 5.56 Å². The van der Waals surface area contributed by atoms with Crippen LogP contribution in [-0.2, 0) is 4.79 Å². The van der Waals surface area contributed by atoms with E-state index < -0.39 is 11.1 Å². The summed E-state index contributed by atoms with van der Waals surface area (Å²) in [5.74, 6) is -0.332. The molecule has 0 unspecified atom stereocenters. The summed E-state index contributed by atoms with van der Waals surface area (Å²) in [6.07, 6.45) is 1.68. The van der Waals surface area contributed by atoms with E-state index in [9.17, 15) is 14.4 Å². The van der Waals surface area contributed by atoms with E-state index in [0.717, 1.165) is 22.2 Å². The highest BCUT2D eigenvalue weighted by Crippen LogP contribution is 2.32. The van der Waals surface area contributed by atoms with E-state index in [4.69, 9.17) is 11.6 Å². The normalized spacial score (nSPS) is 15.9. The highest BCUT2D eigenvalue weighted by atomic mass is 35.5. The maximum atomic E-state index is 12.6. The topological polar surface area (TPSA) is 54.5 Å². The van der Waals surface area contributed by atoms with Gasteiger partial charge in [0.15, 0.2) is 5.78 Å². The number of carbonyl (C=O) groups is 3. The monoisotopic (exact) mass is 399 g/mol. The molecule has 0 saturated carbocycles. The van der Waals surface area contributed by atoms with Gasteiger partial charge in [0.1, 0.15) is 0 Å². The van der Waals surface area contributed by atoms with Gasteiger partial charge in [-0.15, -0.1) is 0 Å². The lowest BCUT2D eigenvalue weighted by molar-refractivity contribution is -0.122. The van der Waals surface area contributed by atoms with Gasteiger partial charge in [-0.05, 0) is 59.1 Å². The number of rotatable bonds is 5. The minimum absolute atomic E-state index is 0.282. The minimum Gasteiger partial charge on any atom is -0.292 e. The fourth-order valence-electron chi connectivity index (χ4n) is 2.64. The molecule has 0 aliphatic carbocycles. The van der Waals surface area contributed by atoms with Crippen LogP contribution in [0.5, 0.6) is 0 Å². The standard InChI is InChI=1S/C21H18ClNO3S/c1-13(2)15-5-3-14(4-6-15)11-19-20(25)23(21(26)27-19)12-18(24)16-7-9-17(22)10-8-16/h3-11,13H,12H2,1-2H3/b19-11+. The van der Waals surface area contributed by atoms with Crippen molar-refractivity contribution >= 4 is 46.4 Å². The average Bonchev–Trinajstić information content (AvgIpc) is 2.90. The number of Topliss-reactive ketones (excluding diaryl/α,β-unsaturated/α-hetero) is 1. The van der Waals surface area contributed by atoms with Gasteiger partial charge < -0.3 is 0 Å². The number of hydrogen-bond donors (Lipinski definition) is 0. The smallest absolute Gasteiger partial charge is 0.292 e. The molecule has 1 fully saturated rings. The van der Waals surface area contributed by atoms with Crippen LogP contribution < -0.4 is 0 Å². The van der Waals surface area contributed by atoms with Crippen molar-refractivity contribution in [3.8, 4) is 0 Å². The Bertz CT molecular complexity index is 917. The first-order valence-electron chi connectivity index (χ1n) is 8.49. The summed E-state index contributed by atoms with van der Waals surface area (Å²) >= 11 is 6.67. The summed E-state index contributed by atoms with van der Waals surface area (Å²) in [4.78, 5) is 38.4. The zero-order valence-corrected chi connectivity index (χ0v) is 16.5. The Kier molecular flexibility index (Phi) is 5.82. The predicted octanol–water partition coefficient (Wildman–Crippen LogP) is 5.38. The van der Waals surface area contributed by atoms with Gasteiger partial charge in [-0.25, -0.2) is 0 Å². The zero-order chi connectivity index (χ0) is 19.6. The third kappa shape index (κ3) is 4.49. The van der Waals surface area contributed by atoms with Crippen molar-refractivity contribution in [3.63, 3.8) is 0 Å². The van der Waals surface area contributed by atoms with Crippen molar-refractivity contribution < 1.29 is 14.4 Å². The number of ketones is 1. The third-order valence-electron chi connectivity index (χ3n) is 4.24. The van der Waals surface area contributed by atoms with Crippen LogP contribution in [0.4, 0.5) is 4.79 Å². The van der Waals surface area contributed by atoms with E-state index >= 15 is 0 Å². The number of amides is 2. The maximum Gasteiger partial charge on any atom is 0.293 e. The fourth-order valence-corrected chi connectivity index (χ4v) is 3.60. The van der Waals surface area contributed by atoms with E-state index in [-0.39, 0.29) is 12.3 Å². The molecular formula is C21H18ClNO3S. The first-order chi connectivity index (χ1) is 12.8. The molecule has 1 aliphatic heterocycles. The number of hydrogen-bond acceptors (Lipinski definition) is 4. The molecule has 138 valence electrons. The van der Waals surface area contributed by atoms with Gasteiger partial charge in [-0.1, -0.05) is 49.7 Å². The molecule has 0 radical (unpaired) electrons. The quantitative estimate of drug-likeness (QED) is 0.500. The second-order valence-electron chi connectivity index (χ2n) is 6.52. The first kappa shape index (κ1) is 19.4. The van der Waals surface area contributed by atoms with E-state index in [2.05, 4.69) is 13.8 Å². The van der Waals surface area contributed by atoms with Crippen molar-refractivity contribution in [2.24, 2.45) is 0 Å². The summed E-state index contributed by atoms with van der Waals surface area (Å²) in [5.41, 5.74) is 2.45. The largest absolute Gasteiger partial charge is 0.293 e. The molecule has 3 rings (SSSR count). The molecule has 0 atom stereocenters. The van der Waals surface area contributed by atoms with Gasteiger partial charge >= 0.3 is 0 Å². The Labute approximate surface area is 167 Å². The van der Waals surface area contributed by atoms with E-state index in [0.29, 0.717) is 21.4 Å². The van der Waals surface area contributed by atoms with Gasteiger partial charge in [-0.3, -0.25) is 19.3 Å². The molecule has 1 aliphatic rings. The van der Waals surface area contributed by atoms with Gasteiger partial charge in [0.05, 0.1) is 11.4 Å². The van der Waals surface area contributed by atoms with Crippen LogP contribution in [0.15, 0.2) is 53.4 Å². The lowest BCUT2D eigenvalue weighted by atomic mass is 10.0. The first-order valence-corrected chi connectivity index (χ1v) is 9.68. The van der Waals surface area contributed by atoms with Crippen LogP contribution in [0.25, 0.3) is 6.08 Å². The second-order valence-corrected chi connectivity index (χ2v) is 7.95. The van der Waals surface area contributed by atoms with Crippen LogP contribution in [0.3, 0.4) is 0 Å². The highest BCUT2D eigenvalue weighted by molar-refractivity contribution is 8.18. The van der Waals surface area contributed by atoms with Crippen molar-refractivity contribution in [1.82, 2.24) is 4.90 Å². The van der Waals surface area contributed by atoms with Crippen molar-refractivity contribution in [2.75, 3.05) is 6.54 Å². The van der Waals surface area contributed by atoms with E-state index in [1.54, 1.807) is 30.3 Å². The van der Waals surface area contributed by atoms with E-state index in [1.807, 2.05) is 24.3 Å². The average molecular weight is 400 g/mol. The van der Waals surface area contributed by atoms with Crippen LogP contribution in [-0.4, -0.2) is 28.4 Å². The number of nitrogens with zero attached hydrogens (tertiary/aromatic N) is 1. The van der Waals surface area contributed by atoms with Crippen LogP contribution in [0, 0.1) is 0 Å². The molecule has 2 aromatic carbocycles. The molecule has 6 heteroatoms. The Morgan fingerprint density at radius 3 is 2.30 bits per heavy atom. The minimum atomic E-state index is -0.444. The molecule has 1 heterocycles. The third-order valence-corrected chi connectivity index (χ3v) is 5.40. The summed E-state index contributed by atoms with van der Waals surface area (Å²) in [6, 6.07) is 14.2. The molecule has 1 saturated heterocycles. The Balaban J connectivity index is 1.74. The molecule has 0 aromatic heterocycles. The van der Waals surface area contributed by atoms with Crippen LogP contribution in [0.1, 0.15) is 41.3 Å². The lowest BCUT2D eigenvalue weighted by Gasteiger charge is -2.11. The fraction of sp³-hybridized carbons (Fsp3) is 0.190.